The molecular formula is C21H28N4O3S. The highest BCUT2D eigenvalue weighted by Gasteiger charge is 2.40. The Labute approximate surface area is 175 Å². The van der Waals surface area contributed by atoms with E-state index in [9.17, 15) is 14.4 Å². The second-order valence-electron chi connectivity index (χ2n) is 9.00. The van der Waals surface area contributed by atoms with E-state index in [4.69, 9.17) is 0 Å². The third-order valence-corrected chi connectivity index (χ3v) is 7.88. The van der Waals surface area contributed by atoms with Crippen molar-refractivity contribution in [2.24, 2.45) is 5.92 Å². The van der Waals surface area contributed by atoms with Gasteiger partial charge in [-0.3, -0.25) is 14.4 Å². The Bertz CT molecular complexity index is 878. The molecule has 0 spiro atoms. The molecule has 0 aromatic carbocycles. The molecule has 5 rings (SSSR count). The van der Waals surface area contributed by atoms with E-state index in [2.05, 4.69) is 12.2 Å². The number of nitrogens with one attached hydrogen (secondary N) is 1. The summed E-state index contributed by atoms with van der Waals surface area (Å²) in [5.74, 6) is 0.660. The second kappa shape index (κ2) is 7.09. The Morgan fingerprint density at radius 3 is 2.66 bits per heavy atom. The smallest absolute Gasteiger partial charge is 0.257 e. The van der Waals surface area contributed by atoms with Crippen LogP contribution in [0.1, 0.15) is 53.4 Å². The number of nitrogens with zero attached hydrogens (tertiary/aromatic N) is 3. The van der Waals surface area contributed by atoms with Crippen LogP contribution in [0.4, 0.5) is 5.00 Å². The molecule has 2 atom stereocenters. The van der Waals surface area contributed by atoms with Crippen molar-refractivity contribution in [3.63, 3.8) is 0 Å². The first-order valence-corrected chi connectivity index (χ1v) is 11.5. The molecule has 1 aliphatic carbocycles. The molecular weight excluding hydrogens is 388 g/mol. The van der Waals surface area contributed by atoms with Gasteiger partial charge in [0.1, 0.15) is 11.5 Å². The Kier molecular flexibility index (Phi) is 4.66. The topological polar surface area (TPSA) is 73.0 Å². The maximum Gasteiger partial charge on any atom is 0.257 e. The van der Waals surface area contributed by atoms with Crippen molar-refractivity contribution in [2.45, 2.75) is 57.7 Å². The van der Waals surface area contributed by atoms with Gasteiger partial charge in [0.25, 0.3) is 5.91 Å². The fraction of sp³-hybridized carbons (Fsp3) is 0.667. The van der Waals surface area contributed by atoms with Gasteiger partial charge in [-0.2, -0.15) is 0 Å². The first kappa shape index (κ1) is 19.1. The number of hydrogen-bond acceptors (Lipinski definition) is 5. The van der Waals surface area contributed by atoms with Gasteiger partial charge in [-0.1, -0.05) is 0 Å². The molecule has 3 amide bonds. The van der Waals surface area contributed by atoms with Gasteiger partial charge in [0, 0.05) is 31.1 Å². The average molecular weight is 417 g/mol. The number of thiophene rings is 1. The van der Waals surface area contributed by atoms with Gasteiger partial charge in [0.15, 0.2) is 0 Å². The van der Waals surface area contributed by atoms with Crippen molar-refractivity contribution in [3.8, 4) is 0 Å². The van der Waals surface area contributed by atoms with Crippen molar-refractivity contribution in [1.29, 1.82) is 0 Å². The fourth-order valence-electron chi connectivity index (χ4n) is 4.74. The van der Waals surface area contributed by atoms with E-state index in [1.165, 1.54) is 0 Å². The summed E-state index contributed by atoms with van der Waals surface area (Å²) in [5, 5.41) is 4.19. The molecule has 8 heteroatoms. The number of carbonyl (C=O) groups is 3. The van der Waals surface area contributed by atoms with Crippen molar-refractivity contribution >= 4 is 34.1 Å². The summed E-state index contributed by atoms with van der Waals surface area (Å²) >= 11 is 1.55. The van der Waals surface area contributed by atoms with Crippen LogP contribution in [0.5, 0.6) is 0 Å². The summed E-state index contributed by atoms with van der Waals surface area (Å²) in [4.78, 5) is 45.3. The first-order valence-electron chi connectivity index (χ1n) is 10.7. The zero-order valence-electron chi connectivity index (χ0n) is 17.1. The molecule has 1 saturated heterocycles. The number of hydrogen-bond donors (Lipinski definition) is 1. The van der Waals surface area contributed by atoms with E-state index < -0.39 is 0 Å². The summed E-state index contributed by atoms with van der Waals surface area (Å²) in [6.07, 6.45) is 4.91. The minimum absolute atomic E-state index is 0.00201. The van der Waals surface area contributed by atoms with Crippen LogP contribution >= 0.6 is 11.3 Å². The maximum atomic E-state index is 13.1. The minimum Gasteiger partial charge on any atom is -0.336 e. The van der Waals surface area contributed by atoms with Crippen LogP contribution in [0.15, 0.2) is 0 Å². The van der Waals surface area contributed by atoms with Crippen LogP contribution in [-0.4, -0.2) is 66.3 Å². The number of fused-ring (bicyclic) bond motifs is 3. The van der Waals surface area contributed by atoms with Gasteiger partial charge in [-0.15, -0.1) is 11.3 Å². The fourth-order valence-corrected chi connectivity index (χ4v) is 6.12. The lowest BCUT2D eigenvalue weighted by atomic mass is 10.0. The largest absolute Gasteiger partial charge is 0.336 e. The molecule has 7 nitrogen and oxygen atoms in total. The van der Waals surface area contributed by atoms with Crippen LogP contribution < -0.4 is 10.2 Å². The van der Waals surface area contributed by atoms with E-state index >= 15 is 0 Å². The summed E-state index contributed by atoms with van der Waals surface area (Å²) in [6.45, 7) is 4.14. The summed E-state index contributed by atoms with van der Waals surface area (Å²) in [5.41, 5.74) is 1.76. The second-order valence-corrected chi connectivity index (χ2v) is 10.1. The van der Waals surface area contributed by atoms with E-state index in [0.29, 0.717) is 43.6 Å². The molecule has 4 aliphatic rings. The quantitative estimate of drug-likeness (QED) is 0.812. The van der Waals surface area contributed by atoms with Gasteiger partial charge in [0.05, 0.1) is 18.2 Å². The average Bonchev–Trinajstić information content (AvgIpc) is 3.31. The number of carbonyl (C=O) groups excluding carboxylic acids is 3. The Hall–Kier alpha value is -1.93. The molecule has 29 heavy (non-hydrogen) atoms. The van der Waals surface area contributed by atoms with Crippen LogP contribution in [0.2, 0.25) is 0 Å². The van der Waals surface area contributed by atoms with E-state index in [0.717, 1.165) is 41.1 Å². The lowest BCUT2D eigenvalue weighted by molar-refractivity contribution is -0.134. The highest BCUT2D eigenvalue weighted by Crippen LogP contribution is 2.43. The minimum atomic E-state index is -0.0926. The summed E-state index contributed by atoms with van der Waals surface area (Å²) in [6, 6.07) is 0.294. The third-order valence-electron chi connectivity index (χ3n) is 6.64. The van der Waals surface area contributed by atoms with Crippen molar-refractivity contribution < 1.29 is 14.4 Å². The van der Waals surface area contributed by atoms with Crippen molar-refractivity contribution in [2.75, 3.05) is 31.6 Å². The number of likely N-dealkylation sites (N-methyl/N-ethyl adjacent to an activating group) is 1. The monoisotopic (exact) mass is 416 g/mol. The van der Waals surface area contributed by atoms with Gasteiger partial charge >= 0.3 is 0 Å². The predicted molar refractivity (Wildman–Crippen MR) is 111 cm³/mol. The SMILES string of the molecule is C[C@H]1CC[C@@H](C(=O)N2CCc3c(sc4c3C(=O)N(C)CC(=O)N4CC3CC3)C2)N1. The third kappa shape index (κ3) is 3.36. The molecule has 3 aliphatic heterocycles. The molecule has 156 valence electrons. The standard InChI is InChI=1S/C21H28N4O3S/c1-12-3-6-15(22-12)19(27)24-8-7-14-16(10-24)29-21-18(14)20(28)23(2)11-17(26)25(21)9-13-4-5-13/h12-13,15,22H,3-11H2,1-2H3/t12-,15-/m0/s1. The molecule has 0 unspecified atom stereocenters. The van der Waals surface area contributed by atoms with Crippen molar-refractivity contribution in [1.82, 2.24) is 15.1 Å². The first-order chi connectivity index (χ1) is 13.9. The normalized spacial score (nSPS) is 27.2. The lowest BCUT2D eigenvalue weighted by Crippen LogP contribution is -2.46. The van der Waals surface area contributed by atoms with Gasteiger partial charge in [0.2, 0.25) is 11.8 Å². The highest BCUT2D eigenvalue weighted by molar-refractivity contribution is 7.17. The van der Waals surface area contributed by atoms with E-state index in [-0.39, 0.29) is 30.3 Å². The van der Waals surface area contributed by atoms with Crippen molar-refractivity contribution in [3.05, 3.63) is 16.0 Å². The molecule has 1 N–H and O–H groups in total. The molecule has 4 heterocycles. The number of amides is 3. The molecule has 2 fully saturated rings. The van der Waals surface area contributed by atoms with E-state index in [1.807, 2.05) is 9.80 Å². The molecule has 1 aromatic heterocycles. The Morgan fingerprint density at radius 1 is 1.17 bits per heavy atom. The van der Waals surface area contributed by atoms with Gasteiger partial charge < -0.3 is 20.0 Å². The van der Waals surface area contributed by atoms with Crippen LogP contribution in [0, 0.1) is 5.92 Å². The van der Waals surface area contributed by atoms with E-state index in [1.54, 1.807) is 23.3 Å². The lowest BCUT2D eigenvalue weighted by Gasteiger charge is -2.30. The summed E-state index contributed by atoms with van der Waals surface area (Å²) < 4.78 is 0. The number of anilines is 1. The maximum absolute atomic E-state index is 13.1. The van der Waals surface area contributed by atoms with Crippen LogP contribution in [0.3, 0.4) is 0 Å². The van der Waals surface area contributed by atoms with Crippen LogP contribution in [-0.2, 0) is 22.6 Å². The summed E-state index contributed by atoms with van der Waals surface area (Å²) in [7, 11) is 1.71. The van der Waals surface area contributed by atoms with Crippen LogP contribution in [0.25, 0.3) is 0 Å². The molecule has 0 radical (unpaired) electrons. The zero-order chi connectivity index (χ0) is 20.3. The van der Waals surface area contributed by atoms with Gasteiger partial charge in [-0.25, -0.2) is 0 Å². The molecule has 1 aromatic rings. The van der Waals surface area contributed by atoms with Gasteiger partial charge in [-0.05, 0) is 50.5 Å². The predicted octanol–water partition coefficient (Wildman–Crippen LogP) is 1.60. The molecule has 1 saturated carbocycles. The Morgan fingerprint density at radius 2 is 1.97 bits per heavy atom. The Balaban J connectivity index is 1.45. The number of rotatable bonds is 3. The highest BCUT2D eigenvalue weighted by atomic mass is 32.1. The zero-order valence-corrected chi connectivity index (χ0v) is 17.9. The molecule has 0 bridgehead atoms.